The number of aromatic nitrogens is 4. The van der Waals surface area contributed by atoms with Gasteiger partial charge in [-0.2, -0.15) is 9.97 Å². The quantitative estimate of drug-likeness (QED) is 0.0904. The third-order valence-corrected chi connectivity index (χ3v) is 11.8. The van der Waals surface area contributed by atoms with E-state index in [0.29, 0.717) is 0 Å². The molecule has 2 aromatic heterocycles. The zero-order chi connectivity index (χ0) is 40.9. The van der Waals surface area contributed by atoms with Crippen molar-refractivity contribution in [1.82, 2.24) is 19.1 Å². The molecule has 7 aromatic carbocycles. The first kappa shape index (κ1) is 37.2. The van der Waals surface area contributed by atoms with E-state index in [1.807, 2.05) is 0 Å². The highest BCUT2D eigenvalue weighted by Gasteiger charge is 2.46. The summed E-state index contributed by atoms with van der Waals surface area (Å²) in [7, 11) is 0. The fourth-order valence-electron chi connectivity index (χ4n) is 8.99. The van der Waals surface area contributed by atoms with Gasteiger partial charge in [-0.05, 0) is 88.4 Å². The first-order chi connectivity index (χ1) is 28.6. The maximum atomic E-state index is 12.6. The molecule has 0 aliphatic carbocycles. The SMILES string of the molecule is Nc1ccn([C@@H]2O[C@H](CO)C(O)[C@@H]2O)c(=O)n1.Nc1ccn([C@@H]2O[C@H](CO)C(O)[C@@H]2OCc2cc3ccc4ccc5ccc6ccc7ccc2c2c7c6c5c4c32)c(=O)n1. The summed E-state index contributed by atoms with van der Waals surface area (Å²) in [5, 5.41) is 63.6. The summed E-state index contributed by atoms with van der Waals surface area (Å²) in [6, 6.07) is 26.9. The summed E-state index contributed by atoms with van der Waals surface area (Å²) in [5.74, 6) is 0.140. The zero-order valence-corrected chi connectivity index (χ0v) is 31.1. The molecule has 11 rings (SSSR count). The lowest BCUT2D eigenvalue weighted by atomic mass is 9.82. The molecule has 0 radical (unpaired) electrons. The van der Waals surface area contributed by atoms with Crippen molar-refractivity contribution >= 4 is 76.3 Å². The Balaban J connectivity index is 0.000000208. The first-order valence-electron chi connectivity index (χ1n) is 19.0. The average Bonchev–Trinajstić information content (AvgIpc) is 3.71. The Morgan fingerprint density at radius 1 is 0.576 bits per heavy atom. The summed E-state index contributed by atoms with van der Waals surface area (Å²) in [6.45, 7) is -0.711. The Morgan fingerprint density at radius 3 is 1.53 bits per heavy atom. The normalized spacial score (nSPS) is 24.8. The number of aliphatic hydroxyl groups is 5. The molecule has 2 saturated heterocycles. The Bertz CT molecular complexity index is 3080. The molecule has 9 N–H and O–H groups in total. The molecule has 16 nitrogen and oxygen atoms in total. The number of rotatable bonds is 7. The van der Waals surface area contributed by atoms with E-state index in [9.17, 15) is 30.0 Å². The number of nitrogen functional groups attached to an aromatic ring is 2. The average molecular weight is 799 g/mol. The van der Waals surface area contributed by atoms with Crippen LogP contribution in [0.5, 0.6) is 0 Å². The van der Waals surface area contributed by atoms with Crippen LogP contribution in [0.3, 0.4) is 0 Å². The maximum absolute atomic E-state index is 12.6. The van der Waals surface area contributed by atoms with Crippen molar-refractivity contribution in [3.05, 3.63) is 118 Å². The van der Waals surface area contributed by atoms with Crippen LogP contribution in [0.1, 0.15) is 18.0 Å². The van der Waals surface area contributed by atoms with Crippen molar-refractivity contribution in [2.24, 2.45) is 0 Å². The Kier molecular flexibility index (Phi) is 8.85. The number of hydrogen-bond acceptors (Lipinski definition) is 14. The van der Waals surface area contributed by atoms with Crippen LogP contribution in [-0.4, -0.2) is 94.5 Å². The van der Waals surface area contributed by atoms with Crippen molar-refractivity contribution in [1.29, 1.82) is 0 Å². The van der Waals surface area contributed by atoms with Gasteiger partial charge in [-0.1, -0.05) is 60.7 Å². The minimum absolute atomic E-state index is 0.0537. The van der Waals surface area contributed by atoms with Crippen LogP contribution in [-0.2, 0) is 20.8 Å². The van der Waals surface area contributed by atoms with Gasteiger partial charge in [0, 0.05) is 12.4 Å². The van der Waals surface area contributed by atoms with E-state index in [2.05, 4.69) is 76.7 Å². The molecule has 8 atom stereocenters. The van der Waals surface area contributed by atoms with Crippen LogP contribution in [0, 0.1) is 0 Å². The lowest BCUT2D eigenvalue weighted by Crippen LogP contribution is -2.38. The second-order valence-electron chi connectivity index (χ2n) is 15.1. The Labute approximate surface area is 332 Å². The fraction of sp³-hybridized carbons (Fsp3) is 0.256. The molecule has 300 valence electrons. The first-order valence-corrected chi connectivity index (χ1v) is 19.0. The topological polar surface area (TPSA) is 251 Å². The smallest absolute Gasteiger partial charge is 0.351 e. The Morgan fingerprint density at radius 2 is 1.02 bits per heavy atom. The monoisotopic (exact) mass is 798 g/mol. The molecule has 2 aliphatic heterocycles. The van der Waals surface area contributed by atoms with E-state index in [1.54, 1.807) is 0 Å². The highest BCUT2D eigenvalue weighted by Crippen LogP contribution is 2.49. The van der Waals surface area contributed by atoms with Crippen molar-refractivity contribution < 1.29 is 39.7 Å². The van der Waals surface area contributed by atoms with E-state index in [-0.39, 0.29) is 18.2 Å². The van der Waals surface area contributed by atoms with Gasteiger partial charge < -0.3 is 51.2 Å². The van der Waals surface area contributed by atoms with E-state index < -0.39 is 73.7 Å². The van der Waals surface area contributed by atoms with E-state index in [1.165, 1.54) is 83.0 Å². The molecule has 0 saturated carbocycles. The van der Waals surface area contributed by atoms with Gasteiger partial charge in [-0.25, -0.2) is 9.59 Å². The number of anilines is 2. The summed E-state index contributed by atoms with van der Waals surface area (Å²) in [6.07, 6.45) is -5.76. The van der Waals surface area contributed by atoms with E-state index in [4.69, 9.17) is 30.8 Å². The van der Waals surface area contributed by atoms with Crippen molar-refractivity contribution in [2.75, 3.05) is 24.7 Å². The molecule has 0 amide bonds. The molecular formula is C43H38N6O10. The number of benzene rings is 7. The lowest BCUT2D eigenvalue weighted by Gasteiger charge is -2.24. The summed E-state index contributed by atoms with van der Waals surface area (Å²) < 4.78 is 19.7. The molecule has 16 heteroatoms. The number of hydrogen-bond donors (Lipinski definition) is 7. The van der Waals surface area contributed by atoms with Gasteiger partial charge >= 0.3 is 11.4 Å². The third-order valence-electron chi connectivity index (χ3n) is 11.8. The summed E-state index contributed by atoms with van der Waals surface area (Å²) in [4.78, 5) is 31.4. The molecule has 2 unspecified atom stereocenters. The third kappa shape index (κ3) is 5.76. The van der Waals surface area contributed by atoms with Gasteiger partial charge in [0.15, 0.2) is 12.5 Å². The largest absolute Gasteiger partial charge is 0.394 e. The molecule has 2 aliphatic rings. The summed E-state index contributed by atoms with van der Waals surface area (Å²) in [5.41, 5.74) is 10.7. The van der Waals surface area contributed by atoms with Gasteiger partial charge in [0.05, 0.1) is 19.8 Å². The second-order valence-corrected chi connectivity index (χ2v) is 15.1. The molecule has 59 heavy (non-hydrogen) atoms. The molecule has 4 heterocycles. The number of nitrogens with two attached hydrogens (primary N) is 2. The maximum Gasteiger partial charge on any atom is 0.351 e. The number of aliphatic hydroxyl groups excluding tert-OH is 5. The Hall–Kier alpha value is -6.08. The van der Waals surface area contributed by atoms with Crippen molar-refractivity contribution in [3.8, 4) is 0 Å². The number of nitrogens with zero attached hydrogens (tertiary/aromatic N) is 4. The van der Waals surface area contributed by atoms with Gasteiger partial charge in [0.1, 0.15) is 48.3 Å². The lowest BCUT2D eigenvalue weighted by molar-refractivity contribution is -0.0794. The molecule has 0 spiro atoms. The second kappa shape index (κ2) is 14.0. The van der Waals surface area contributed by atoms with Gasteiger partial charge in [0.25, 0.3) is 0 Å². The van der Waals surface area contributed by atoms with Crippen molar-refractivity contribution in [2.45, 2.75) is 55.7 Å². The zero-order valence-electron chi connectivity index (χ0n) is 31.1. The standard InChI is InChI=1S/C34H25N3O5.C9H13N3O5/c35-24-11-12-37(34(40)36-24)33-32(31(39)23(14-38)42-33)41-15-21-13-20-8-7-18-4-2-16-1-3-17-5-6-19-9-10-22(21)30-28(19)26(17)25(16)27(18)29(20)30;10-5-1-2-12(9(16)11-5)8-7(15)6(14)4(3-13)17-8/h1-13,23,31-33,38-39H,14-15H2,(H2,35,36,40);1-2,4,6-8,13-15H,3H2,(H2,10,11,16)/t23-,31?,32+,33-;4-,6?,7+,8-/m11/s1. The van der Waals surface area contributed by atoms with Gasteiger partial charge in [-0.15, -0.1) is 0 Å². The fourth-order valence-corrected chi connectivity index (χ4v) is 8.99. The highest BCUT2D eigenvalue weighted by molar-refractivity contribution is 6.44. The minimum Gasteiger partial charge on any atom is -0.394 e. The highest BCUT2D eigenvalue weighted by atomic mass is 16.6. The van der Waals surface area contributed by atoms with Crippen molar-refractivity contribution in [3.63, 3.8) is 0 Å². The van der Waals surface area contributed by atoms with E-state index in [0.717, 1.165) is 20.9 Å². The van der Waals surface area contributed by atoms with E-state index >= 15 is 0 Å². The molecule has 2 fully saturated rings. The van der Waals surface area contributed by atoms with Crippen LogP contribution in [0.25, 0.3) is 64.6 Å². The van der Waals surface area contributed by atoms with Crippen LogP contribution >= 0.6 is 0 Å². The molecule has 9 aromatic rings. The van der Waals surface area contributed by atoms with Gasteiger partial charge in [0.2, 0.25) is 0 Å². The molecular weight excluding hydrogens is 761 g/mol. The van der Waals surface area contributed by atoms with Crippen LogP contribution < -0.4 is 22.8 Å². The van der Waals surface area contributed by atoms with Gasteiger partial charge in [-0.3, -0.25) is 9.13 Å². The van der Waals surface area contributed by atoms with Crippen LogP contribution in [0.15, 0.2) is 101 Å². The predicted molar refractivity (Wildman–Crippen MR) is 219 cm³/mol. The predicted octanol–water partition coefficient (Wildman–Crippen LogP) is 2.33. The summed E-state index contributed by atoms with van der Waals surface area (Å²) >= 11 is 0. The number of ether oxygens (including phenoxy) is 3. The van der Waals surface area contributed by atoms with Crippen LogP contribution in [0.4, 0.5) is 11.6 Å². The minimum atomic E-state index is -1.31. The molecule has 0 bridgehead atoms. The van der Waals surface area contributed by atoms with Crippen LogP contribution in [0.2, 0.25) is 0 Å².